The zero-order valence-electron chi connectivity index (χ0n) is 12.9. The monoisotopic (exact) mass is 278 g/mol. The highest BCUT2D eigenvalue weighted by Gasteiger charge is 2.00. The predicted octanol–water partition coefficient (Wildman–Crippen LogP) is 5.56. The third-order valence-electron chi connectivity index (χ3n) is 3.86. The lowest BCUT2D eigenvalue weighted by Gasteiger charge is -2.04. The number of rotatable bonds is 11. The number of aryl methyl sites for hydroxylation is 1. The normalized spacial score (nSPS) is 10.8. The number of hydrogen-bond acceptors (Lipinski definition) is 2. The first kappa shape index (κ1) is 16.9. The van der Waals surface area contributed by atoms with Crippen LogP contribution in [-0.2, 0) is 6.42 Å². The summed E-state index contributed by atoms with van der Waals surface area (Å²) in [5.41, 5.74) is 1.11. The minimum atomic E-state index is -0.0307. The van der Waals surface area contributed by atoms with Gasteiger partial charge in [-0.2, -0.15) is 0 Å². The second-order valence-electron chi connectivity index (χ2n) is 5.76. The highest BCUT2D eigenvalue weighted by molar-refractivity contribution is 5.40. The maximum Gasteiger partial charge on any atom is 0.157 e. The van der Waals surface area contributed by atoms with E-state index in [-0.39, 0.29) is 11.5 Å². The van der Waals surface area contributed by atoms with Gasteiger partial charge in [-0.15, -0.1) is 0 Å². The number of phenolic OH excluding ortho intramolecular Hbond substituents is 2. The number of unbranched alkanes of at least 4 members (excludes halogenated alkanes) is 9. The van der Waals surface area contributed by atoms with Crippen LogP contribution >= 0.6 is 0 Å². The summed E-state index contributed by atoms with van der Waals surface area (Å²) in [5.74, 6) is -0.0357. The van der Waals surface area contributed by atoms with Gasteiger partial charge in [0.1, 0.15) is 0 Å². The summed E-state index contributed by atoms with van der Waals surface area (Å²) in [5, 5.41) is 18.7. The highest BCUT2D eigenvalue weighted by Crippen LogP contribution is 2.25. The third-order valence-corrected chi connectivity index (χ3v) is 3.86. The second kappa shape index (κ2) is 10.6. The molecule has 0 aromatic heterocycles. The molecule has 0 spiro atoms. The number of phenols is 2. The summed E-state index contributed by atoms with van der Waals surface area (Å²) in [7, 11) is 0. The van der Waals surface area contributed by atoms with Gasteiger partial charge in [0.2, 0.25) is 0 Å². The van der Waals surface area contributed by atoms with Crippen LogP contribution in [0.4, 0.5) is 0 Å². The quantitative estimate of drug-likeness (QED) is 0.411. The molecule has 0 aliphatic heterocycles. The molecule has 0 fully saturated rings. The SMILES string of the molecule is CCCCCCCCCCCCc1ccc(O)c(O)c1. The highest BCUT2D eigenvalue weighted by atomic mass is 16.3. The largest absolute Gasteiger partial charge is 0.504 e. The lowest BCUT2D eigenvalue weighted by atomic mass is 10.0. The Labute approximate surface area is 123 Å². The maximum atomic E-state index is 9.41. The van der Waals surface area contributed by atoms with E-state index in [4.69, 9.17) is 0 Å². The zero-order valence-corrected chi connectivity index (χ0v) is 12.9. The first-order valence-corrected chi connectivity index (χ1v) is 8.25. The van der Waals surface area contributed by atoms with Crippen LogP contribution in [0.3, 0.4) is 0 Å². The fraction of sp³-hybridized carbons (Fsp3) is 0.667. The molecule has 0 unspecified atom stereocenters. The van der Waals surface area contributed by atoms with Crippen molar-refractivity contribution in [3.8, 4) is 11.5 Å². The summed E-state index contributed by atoms with van der Waals surface area (Å²) in [6.45, 7) is 2.26. The molecule has 0 aliphatic carbocycles. The van der Waals surface area contributed by atoms with E-state index in [1.807, 2.05) is 6.07 Å². The van der Waals surface area contributed by atoms with Crippen LogP contribution in [0.1, 0.15) is 76.7 Å². The van der Waals surface area contributed by atoms with E-state index in [0.29, 0.717) is 0 Å². The third kappa shape index (κ3) is 7.42. The Morgan fingerprint density at radius 3 is 1.80 bits per heavy atom. The molecule has 0 aliphatic rings. The fourth-order valence-electron chi connectivity index (χ4n) is 2.54. The van der Waals surface area contributed by atoms with Gasteiger partial charge in [0.25, 0.3) is 0 Å². The summed E-state index contributed by atoms with van der Waals surface area (Å²) >= 11 is 0. The van der Waals surface area contributed by atoms with Crippen molar-refractivity contribution in [1.82, 2.24) is 0 Å². The zero-order chi connectivity index (χ0) is 14.6. The van der Waals surface area contributed by atoms with Crippen LogP contribution in [0, 0.1) is 0 Å². The van der Waals surface area contributed by atoms with E-state index in [0.717, 1.165) is 12.0 Å². The Bertz CT molecular complexity index is 360. The average molecular weight is 278 g/mol. The van der Waals surface area contributed by atoms with Gasteiger partial charge in [0.15, 0.2) is 11.5 Å². The Hall–Kier alpha value is -1.18. The van der Waals surface area contributed by atoms with E-state index in [1.54, 1.807) is 12.1 Å². The van der Waals surface area contributed by atoms with Crippen molar-refractivity contribution in [2.24, 2.45) is 0 Å². The van der Waals surface area contributed by atoms with Crippen molar-refractivity contribution in [3.05, 3.63) is 23.8 Å². The first-order chi connectivity index (χ1) is 9.74. The van der Waals surface area contributed by atoms with Crippen LogP contribution in [0.2, 0.25) is 0 Å². The summed E-state index contributed by atoms with van der Waals surface area (Å²) in [6.07, 6.45) is 14.4. The van der Waals surface area contributed by atoms with E-state index >= 15 is 0 Å². The molecule has 1 aromatic carbocycles. The molecule has 20 heavy (non-hydrogen) atoms. The number of aromatic hydroxyl groups is 2. The van der Waals surface area contributed by atoms with Crippen LogP contribution in [0.5, 0.6) is 11.5 Å². The van der Waals surface area contributed by atoms with Gasteiger partial charge in [-0.1, -0.05) is 70.8 Å². The Morgan fingerprint density at radius 2 is 1.25 bits per heavy atom. The molecule has 1 rings (SSSR count). The standard InChI is InChI=1S/C18H30O2/c1-2-3-4-5-6-7-8-9-10-11-12-16-13-14-17(19)18(20)15-16/h13-15,19-20H,2-12H2,1H3. The van der Waals surface area contributed by atoms with E-state index in [9.17, 15) is 10.2 Å². The molecule has 2 N–H and O–H groups in total. The summed E-state index contributed by atoms with van der Waals surface area (Å²) in [4.78, 5) is 0. The van der Waals surface area contributed by atoms with Crippen molar-refractivity contribution in [2.45, 2.75) is 77.6 Å². The van der Waals surface area contributed by atoms with Crippen LogP contribution in [0.15, 0.2) is 18.2 Å². The summed E-state index contributed by atoms with van der Waals surface area (Å²) < 4.78 is 0. The molecule has 0 saturated heterocycles. The average Bonchev–Trinajstić information content (AvgIpc) is 2.45. The van der Waals surface area contributed by atoms with Gasteiger partial charge in [0.05, 0.1) is 0 Å². The second-order valence-corrected chi connectivity index (χ2v) is 5.76. The van der Waals surface area contributed by atoms with E-state index in [1.165, 1.54) is 64.2 Å². The molecule has 0 bridgehead atoms. The Kier molecular flexibility index (Phi) is 8.93. The molecular weight excluding hydrogens is 248 g/mol. The van der Waals surface area contributed by atoms with E-state index in [2.05, 4.69) is 6.92 Å². The van der Waals surface area contributed by atoms with Gasteiger partial charge in [-0.3, -0.25) is 0 Å². The minimum absolute atomic E-state index is 0.00502. The van der Waals surface area contributed by atoms with Crippen molar-refractivity contribution in [3.63, 3.8) is 0 Å². The molecule has 0 amide bonds. The molecule has 2 heteroatoms. The van der Waals surface area contributed by atoms with Crippen LogP contribution in [0.25, 0.3) is 0 Å². The first-order valence-electron chi connectivity index (χ1n) is 8.25. The van der Waals surface area contributed by atoms with Gasteiger partial charge in [-0.05, 0) is 30.5 Å². The van der Waals surface area contributed by atoms with E-state index < -0.39 is 0 Å². The molecule has 0 saturated carbocycles. The van der Waals surface area contributed by atoms with Crippen molar-refractivity contribution in [1.29, 1.82) is 0 Å². The van der Waals surface area contributed by atoms with Crippen molar-refractivity contribution < 1.29 is 10.2 Å². The van der Waals surface area contributed by atoms with Crippen molar-refractivity contribution in [2.75, 3.05) is 0 Å². The van der Waals surface area contributed by atoms with Crippen molar-refractivity contribution >= 4 is 0 Å². The molecule has 0 atom stereocenters. The lowest BCUT2D eigenvalue weighted by Crippen LogP contribution is -1.86. The predicted molar refractivity (Wildman–Crippen MR) is 85.3 cm³/mol. The fourth-order valence-corrected chi connectivity index (χ4v) is 2.54. The molecule has 2 nitrogen and oxygen atoms in total. The topological polar surface area (TPSA) is 40.5 Å². The van der Waals surface area contributed by atoms with Crippen LogP contribution in [-0.4, -0.2) is 10.2 Å². The minimum Gasteiger partial charge on any atom is -0.504 e. The summed E-state index contributed by atoms with van der Waals surface area (Å²) in [6, 6.07) is 5.13. The van der Waals surface area contributed by atoms with Gasteiger partial charge >= 0.3 is 0 Å². The van der Waals surface area contributed by atoms with Gasteiger partial charge in [-0.25, -0.2) is 0 Å². The molecular formula is C18H30O2. The Morgan fingerprint density at radius 1 is 0.700 bits per heavy atom. The van der Waals surface area contributed by atoms with Gasteiger partial charge < -0.3 is 10.2 Å². The lowest BCUT2D eigenvalue weighted by molar-refractivity contribution is 0.403. The molecule has 0 radical (unpaired) electrons. The maximum absolute atomic E-state index is 9.41. The Balaban J connectivity index is 1.95. The smallest absolute Gasteiger partial charge is 0.157 e. The molecule has 114 valence electrons. The number of benzene rings is 1. The number of hydrogen-bond donors (Lipinski definition) is 2. The molecule has 0 heterocycles. The van der Waals surface area contributed by atoms with Gasteiger partial charge in [0, 0.05) is 0 Å². The molecule has 1 aromatic rings. The van der Waals surface area contributed by atoms with Crippen LogP contribution < -0.4 is 0 Å².